The molecule has 0 radical (unpaired) electrons. The second-order valence-corrected chi connectivity index (χ2v) is 3.62. The maximum absolute atomic E-state index is 4.94. The minimum absolute atomic E-state index is 0. The molecule has 1 aromatic rings. The first-order valence-electron chi connectivity index (χ1n) is 4.34. The topological polar surface area (TPSA) is 9.23 Å². The standard InChI is InChI=1S/C6H5.C4H8O.BrH.Mg/c1-2-4-6-5-3-1;1-2-4-5-3-1;;/h1-5H;1-4H2;1H;/q;;;+1/p-1. The van der Waals surface area contributed by atoms with E-state index in [9.17, 15) is 0 Å². The Morgan fingerprint density at radius 3 is 1.77 bits per heavy atom. The third-order valence-electron chi connectivity index (χ3n) is 1.67. The zero-order valence-electron chi connectivity index (χ0n) is 7.71. The van der Waals surface area contributed by atoms with Crippen LogP contribution in [0.25, 0.3) is 0 Å². The van der Waals surface area contributed by atoms with Gasteiger partial charge >= 0.3 is 55.7 Å². The van der Waals surface area contributed by atoms with Crippen LogP contribution < -0.4 is 20.7 Å². The van der Waals surface area contributed by atoms with Crippen LogP contribution in [-0.2, 0) is 4.74 Å². The van der Waals surface area contributed by atoms with E-state index in [1.165, 1.54) is 16.5 Å². The minimum atomic E-state index is 0. The van der Waals surface area contributed by atoms with Crippen molar-refractivity contribution in [3.05, 3.63) is 30.3 Å². The molecule has 1 nitrogen and oxygen atoms in total. The molecule has 13 heavy (non-hydrogen) atoms. The van der Waals surface area contributed by atoms with Gasteiger partial charge in [0.15, 0.2) is 0 Å². The fourth-order valence-electron chi connectivity index (χ4n) is 0.988. The monoisotopic (exact) mass is 252 g/mol. The molecule has 0 N–H and O–H groups in total. The second kappa shape index (κ2) is 9.00. The summed E-state index contributed by atoms with van der Waals surface area (Å²) in [6.45, 7) is 2.00. The van der Waals surface area contributed by atoms with Crippen LogP contribution in [0.2, 0.25) is 0 Å². The van der Waals surface area contributed by atoms with Crippen LogP contribution in [-0.4, -0.2) is 34.9 Å². The van der Waals surface area contributed by atoms with E-state index in [0.717, 1.165) is 13.2 Å². The van der Waals surface area contributed by atoms with Crippen molar-refractivity contribution in [2.24, 2.45) is 0 Å². The van der Waals surface area contributed by atoms with E-state index < -0.39 is 0 Å². The summed E-state index contributed by atoms with van der Waals surface area (Å²) in [6.07, 6.45) is 2.56. The SMILES string of the molecule is C1CCOC1.[Br-].[Mg+][c]1ccccc1. The van der Waals surface area contributed by atoms with E-state index in [2.05, 4.69) is 12.1 Å². The predicted octanol–water partition coefficient (Wildman–Crippen LogP) is -1.72. The van der Waals surface area contributed by atoms with Gasteiger partial charge < -0.3 is 21.7 Å². The number of benzene rings is 1. The van der Waals surface area contributed by atoms with Gasteiger partial charge in [-0.1, -0.05) is 0 Å². The summed E-state index contributed by atoms with van der Waals surface area (Å²) in [7, 11) is 0. The van der Waals surface area contributed by atoms with Crippen LogP contribution in [0, 0.1) is 0 Å². The molecule has 0 saturated carbocycles. The van der Waals surface area contributed by atoms with Gasteiger partial charge in [-0.25, -0.2) is 0 Å². The van der Waals surface area contributed by atoms with E-state index in [4.69, 9.17) is 4.74 Å². The summed E-state index contributed by atoms with van der Waals surface area (Å²) in [4.78, 5) is 0. The molecule has 0 spiro atoms. The first kappa shape index (κ1) is 13.4. The summed E-state index contributed by atoms with van der Waals surface area (Å²) >= 11 is 1.90. The number of halogens is 1. The number of hydrogen-bond donors (Lipinski definition) is 0. The van der Waals surface area contributed by atoms with E-state index in [-0.39, 0.29) is 17.0 Å². The molecule has 2 rings (SSSR count). The van der Waals surface area contributed by atoms with Crippen molar-refractivity contribution in [3.8, 4) is 0 Å². The first-order valence-corrected chi connectivity index (χ1v) is 5.05. The molecule has 0 atom stereocenters. The summed E-state index contributed by atoms with van der Waals surface area (Å²) in [5.41, 5.74) is 0. The predicted molar refractivity (Wildman–Crippen MR) is 51.9 cm³/mol. The van der Waals surface area contributed by atoms with Gasteiger partial charge in [0.05, 0.1) is 0 Å². The molecule has 1 aliphatic rings. The van der Waals surface area contributed by atoms with Gasteiger partial charge in [0.2, 0.25) is 0 Å². The first-order chi connectivity index (χ1) is 5.89. The zero-order chi connectivity index (χ0) is 8.65. The summed E-state index contributed by atoms with van der Waals surface area (Å²) in [5, 5.41) is 0. The summed E-state index contributed by atoms with van der Waals surface area (Å²) in [5.74, 6) is 0. The molecule has 1 heterocycles. The fourth-order valence-corrected chi connectivity index (χ4v) is 1.26. The third kappa shape index (κ3) is 7.49. The average molecular weight is 253 g/mol. The van der Waals surface area contributed by atoms with E-state index in [1.54, 1.807) is 0 Å². The maximum atomic E-state index is 4.94. The van der Waals surface area contributed by atoms with Gasteiger partial charge in [-0.15, -0.1) is 0 Å². The molecular weight excluding hydrogens is 240 g/mol. The van der Waals surface area contributed by atoms with Crippen LogP contribution in [0.4, 0.5) is 0 Å². The van der Waals surface area contributed by atoms with Crippen molar-refractivity contribution < 1.29 is 21.7 Å². The Morgan fingerprint density at radius 2 is 1.54 bits per heavy atom. The van der Waals surface area contributed by atoms with E-state index in [1.807, 2.05) is 39.9 Å². The molecule has 1 saturated heterocycles. The van der Waals surface area contributed by atoms with Gasteiger partial charge in [-0.2, -0.15) is 0 Å². The molecule has 68 valence electrons. The van der Waals surface area contributed by atoms with Crippen LogP contribution in [0.15, 0.2) is 30.3 Å². The molecule has 0 aromatic heterocycles. The van der Waals surface area contributed by atoms with Crippen molar-refractivity contribution in [2.75, 3.05) is 13.2 Å². The van der Waals surface area contributed by atoms with Crippen LogP contribution in [0.1, 0.15) is 12.8 Å². The quantitative estimate of drug-likeness (QED) is 0.500. The van der Waals surface area contributed by atoms with Gasteiger partial charge in [-0.3, -0.25) is 0 Å². The molecule has 1 aromatic carbocycles. The third-order valence-corrected chi connectivity index (χ3v) is 2.14. The number of rotatable bonds is 0. The van der Waals surface area contributed by atoms with Crippen LogP contribution in [0.3, 0.4) is 0 Å². The van der Waals surface area contributed by atoms with Crippen LogP contribution >= 0.6 is 0 Å². The number of ether oxygens (including phenoxy) is 1. The van der Waals surface area contributed by atoms with Crippen molar-refractivity contribution in [3.63, 3.8) is 0 Å². The summed E-state index contributed by atoms with van der Waals surface area (Å²) in [6, 6.07) is 10.3. The second-order valence-electron chi connectivity index (χ2n) is 2.81. The zero-order valence-corrected chi connectivity index (χ0v) is 10.7. The Labute approximate surface area is 103 Å². The Bertz CT molecular complexity index is 192. The number of hydrogen-bond acceptors (Lipinski definition) is 1. The van der Waals surface area contributed by atoms with Crippen molar-refractivity contribution in [1.29, 1.82) is 0 Å². The summed E-state index contributed by atoms with van der Waals surface area (Å²) < 4.78 is 6.29. The fraction of sp³-hybridized carbons (Fsp3) is 0.400. The Morgan fingerprint density at radius 1 is 1.00 bits per heavy atom. The van der Waals surface area contributed by atoms with Crippen molar-refractivity contribution >= 4 is 25.4 Å². The Kier molecular flexibility index (Phi) is 9.29. The van der Waals surface area contributed by atoms with Gasteiger partial charge in [0, 0.05) is 13.2 Å². The molecular formula is C10H13BrMgO. The normalized spacial score (nSPS) is 14.0. The van der Waals surface area contributed by atoms with Crippen LogP contribution in [0.5, 0.6) is 0 Å². The van der Waals surface area contributed by atoms with Crippen molar-refractivity contribution in [1.82, 2.24) is 0 Å². The van der Waals surface area contributed by atoms with Gasteiger partial charge in [0.25, 0.3) is 0 Å². The Balaban J connectivity index is 0.000000215. The van der Waals surface area contributed by atoms with Gasteiger partial charge in [-0.05, 0) is 12.8 Å². The molecule has 1 fully saturated rings. The average Bonchev–Trinajstić information content (AvgIpc) is 2.62. The molecule has 0 aliphatic carbocycles. The molecule has 1 aliphatic heterocycles. The molecule has 0 bridgehead atoms. The molecule has 3 heteroatoms. The van der Waals surface area contributed by atoms with Crippen molar-refractivity contribution in [2.45, 2.75) is 12.8 Å². The molecule has 0 amide bonds. The van der Waals surface area contributed by atoms with E-state index >= 15 is 0 Å². The Hall–Kier alpha value is 0.426. The van der Waals surface area contributed by atoms with E-state index in [0.29, 0.717) is 0 Å². The molecule has 0 unspecified atom stereocenters. The van der Waals surface area contributed by atoms with Gasteiger partial charge in [0.1, 0.15) is 0 Å².